The number of halogens is 6. The van der Waals surface area contributed by atoms with Crippen molar-refractivity contribution in [1.29, 1.82) is 0 Å². The summed E-state index contributed by atoms with van der Waals surface area (Å²) < 4.78 is 89.1. The van der Waals surface area contributed by atoms with Crippen molar-refractivity contribution >= 4 is 5.97 Å². The van der Waals surface area contributed by atoms with Gasteiger partial charge in [-0.1, -0.05) is 12.1 Å². The predicted octanol–water partition coefficient (Wildman–Crippen LogP) is 3.15. The van der Waals surface area contributed by atoms with Gasteiger partial charge in [-0.25, -0.2) is 4.79 Å². The van der Waals surface area contributed by atoms with Gasteiger partial charge in [0.15, 0.2) is 0 Å². The van der Waals surface area contributed by atoms with E-state index in [1.165, 1.54) is 31.4 Å². The number of ether oxygens (including phenoxy) is 2. The average molecular weight is 414 g/mol. The van der Waals surface area contributed by atoms with Crippen molar-refractivity contribution in [2.75, 3.05) is 20.2 Å². The molecule has 1 aromatic rings. The van der Waals surface area contributed by atoms with Crippen molar-refractivity contribution in [2.45, 2.75) is 37.5 Å². The van der Waals surface area contributed by atoms with Crippen LogP contribution in [0.5, 0.6) is 5.75 Å². The van der Waals surface area contributed by atoms with Crippen LogP contribution in [0.15, 0.2) is 24.3 Å². The highest BCUT2D eigenvalue weighted by atomic mass is 19.4. The molecule has 1 saturated heterocycles. The Labute approximate surface area is 157 Å². The number of esters is 1. The molecule has 1 fully saturated rings. The molecule has 0 amide bonds. The number of hydrogen-bond donors (Lipinski definition) is 2. The van der Waals surface area contributed by atoms with Crippen LogP contribution in [0.2, 0.25) is 0 Å². The fraction of sp³-hybridized carbons (Fsp3) is 0.588. The highest BCUT2D eigenvalue weighted by molar-refractivity contribution is 5.76. The molecular formula is C17H20F6N2O3. The second-order valence-electron chi connectivity index (χ2n) is 6.35. The fourth-order valence-electron chi connectivity index (χ4n) is 3.06. The molecule has 1 aromatic carbocycles. The van der Waals surface area contributed by atoms with Crippen LogP contribution in [0.4, 0.5) is 26.3 Å². The van der Waals surface area contributed by atoms with E-state index >= 15 is 0 Å². The third kappa shape index (κ3) is 5.07. The van der Waals surface area contributed by atoms with Crippen molar-refractivity contribution in [1.82, 2.24) is 10.6 Å². The zero-order valence-electron chi connectivity index (χ0n) is 14.9. The lowest BCUT2D eigenvalue weighted by Gasteiger charge is -2.43. The lowest BCUT2D eigenvalue weighted by Crippen LogP contribution is -2.66. The monoisotopic (exact) mass is 414 g/mol. The molecule has 1 aliphatic rings. The third-order valence-corrected chi connectivity index (χ3v) is 4.53. The summed E-state index contributed by atoms with van der Waals surface area (Å²) in [5, 5.41) is 4.90. The van der Waals surface area contributed by atoms with Gasteiger partial charge in [0.1, 0.15) is 5.75 Å². The van der Waals surface area contributed by atoms with E-state index in [-0.39, 0.29) is 25.9 Å². The predicted molar refractivity (Wildman–Crippen MR) is 86.4 cm³/mol. The SMILES string of the molecule is COc1ccc(CNC(OC(=O)C(F)(F)F)(C2CCNCC2)C(F)(F)F)cc1. The molecule has 2 N–H and O–H groups in total. The fourth-order valence-corrected chi connectivity index (χ4v) is 3.06. The molecule has 1 unspecified atom stereocenters. The van der Waals surface area contributed by atoms with Gasteiger partial charge in [-0.15, -0.1) is 0 Å². The second kappa shape index (κ2) is 8.56. The van der Waals surface area contributed by atoms with Crippen LogP contribution in [-0.4, -0.2) is 44.2 Å². The highest BCUT2D eigenvalue weighted by Gasteiger charge is 2.64. The Hall–Kier alpha value is -2.01. The van der Waals surface area contributed by atoms with Crippen LogP contribution >= 0.6 is 0 Å². The van der Waals surface area contributed by atoms with Crippen molar-refractivity contribution in [3.63, 3.8) is 0 Å². The zero-order chi connectivity index (χ0) is 21.0. The van der Waals surface area contributed by atoms with E-state index in [0.717, 1.165) is 0 Å². The summed E-state index contributed by atoms with van der Waals surface area (Å²) in [7, 11) is 1.41. The number of piperidine rings is 1. The van der Waals surface area contributed by atoms with Crippen LogP contribution in [0.3, 0.4) is 0 Å². The first-order chi connectivity index (χ1) is 13.0. The Kier molecular flexibility index (Phi) is 6.81. The summed E-state index contributed by atoms with van der Waals surface area (Å²) in [6.07, 6.45) is -11.0. The van der Waals surface area contributed by atoms with Crippen LogP contribution in [0.1, 0.15) is 18.4 Å². The van der Waals surface area contributed by atoms with E-state index in [4.69, 9.17) is 4.74 Å². The van der Waals surface area contributed by atoms with Crippen molar-refractivity contribution in [3.8, 4) is 5.75 Å². The number of methoxy groups -OCH3 is 1. The summed E-state index contributed by atoms with van der Waals surface area (Å²) in [6, 6.07) is 5.92. The van der Waals surface area contributed by atoms with Crippen molar-refractivity contribution < 1.29 is 40.6 Å². The van der Waals surface area contributed by atoms with Crippen LogP contribution in [0.25, 0.3) is 0 Å². The molecule has 0 radical (unpaired) electrons. The van der Waals surface area contributed by atoms with Crippen molar-refractivity contribution in [3.05, 3.63) is 29.8 Å². The lowest BCUT2D eigenvalue weighted by molar-refractivity contribution is -0.314. The molecule has 0 spiro atoms. The molecule has 0 bridgehead atoms. The summed E-state index contributed by atoms with van der Waals surface area (Å²) in [5.74, 6) is -3.79. The molecule has 5 nitrogen and oxygen atoms in total. The quantitative estimate of drug-likeness (QED) is 0.426. The van der Waals surface area contributed by atoms with E-state index < -0.39 is 36.5 Å². The van der Waals surface area contributed by atoms with Crippen LogP contribution < -0.4 is 15.4 Å². The van der Waals surface area contributed by atoms with Gasteiger partial charge in [0.2, 0.25) is 0 Å². The van der Waals surface area contributed by atoms with Gasteiger partial charge < -0.3 is 14.8 Å². The standard InChI is InChI=1S/C17H20F6N2O3/c1-27-13-4-2-11(3-5-13)10-25-15(17(21,22)23,12-6-8-24-9-7-12)28-14(26)16(18,19)20/h2-5,12,24-25H,6-10H2,1H3. The normalized spacial score (nSPS) is 18.4. The maximum atomic E-state index is 14.0. The van der Waals surface area contributed by atoms with Gasteiger partial charge in [-0.05, 0) is 43.6 Å². The molecule has 1 atom stereocenters. The molecule has 28 heavy (non-hydrogen) atoms. The van der Waals surface area contributed by atoms with Crippen LogP contribution in [-0.2, 0) is 16.1 Å². The van der Waals surface area contributed by atoms with Gasteiger partial charge >= 0.3 is 18.3 Å². The van der Waals surface area contributed by atoms with E-state index in [0.29, 0.717) is 11.3 Å². The zero-order valence-corrected chi connectivity index (χ0v) is 14.9. The minimum absolute atomic E-state index is 0.111. The Balaban J connectivity index is 2.34. The highest BCUT2D eigenvalue weighted by Crippen LogP contribution is 2.42. The number of carbonyl (C=O) groups excluding carboxylic acids is 1. The molecule has 1 heterocycles. The van der Waals surface area contributed by atoms with E-state index in [9.17, 15) is 31.1 Å². The van der Waals surface area contributed by atoms with E-state index in [1.807, 2.05) is 0 Å². The molecule has 1 aliphatic heterocycles. The smallest absolute Gasteiger partial charge is 0.491 e. The topological polar surface area (TPSA) is 59.6 Å². The van der Waals surface area contributed by atoms with Crippen molar-refractivity contribution in [2.24, 2.45) is 5.92 Å². The first-order valence-corrected chi connectivity index (χ1v) is 8.45. The number of carbonyl (C=O) groups is 1. The lowest BCUT2D eigenvalue weighted by atomic mass is 9.85. The Morgan fingerprint density at radius 2 is 1.68 bits per heavy atom. The van der Waals surface area contributed by atoms with Gasteiger partial charge in [0.05, 0.1) is 7.11 Å². The molecule has 0 saturated carbocycles. The summed E-state index contributed by atoms with van der Waals surface area (Å²) >= 11 is 0. The second-order valence-corrected chi connectivity index (χ2v) is 6.35. The van der Waals surface area contributed by atoms with Crippen LogP contribution in [0, 0.1) is 5.92 Å². The average Bonchev–Trinajstić information content (AvgIpc) is 2.64. The van der Waals surface area contributed by atoms with Gasteiger partial charge in [0, 0.05) is 12.5 Å². The van der Waals surface area contributed by atoms with E-state index in [1.54, 1.807) is 0 Å². The molecule has 11 heteroatoms. The first kappa shape index (κ1) is 22.3. The molecule has 158 valence electrons. The third-order valence-electron chi connectivity index (χ3n) is 4.53. The summed E-state index contributed by atoms with van der Waals surface area (Å²) in [6.45, 7) is -0.134. The first-order valence-electron chi connectivity index (χ1n) is 8.45. The molecular weight excluding hydrogens is 394 g/mol. The number of hydrogen-bond acceptors (Lipinski definition) is 5. The minimum Gasteiger partial charge on any atom is -0.497 e. The summed E-state index contributed by atoms with van der Waals surface area (Å²) in [4.78, 5) is 11.3. The van der Waals surface area contributed by atoms with Gasteiger partial charge in [-0.2, -0.15) is 26.3 Å². The van der Waals surface area contributed by atoms with Gasteiger partial charge in [-0.3, -0.25) is 5.32 Å². The Morgan fingerprint density at radius 1 is 1.11 bits per heavy atom. The number of alkyl halides is 6. The number of nitrogens with one attached hydrogen (secondary N) is 2. The van der Waals surface area contributed by atoms with Gasteiger partial charge in [0.25, 0.3) is 5.72 Å². The summed E-state index contributed by atoms with van der Waals surface area (Å²) in [5.41, 5.74) is -3.10. The maximum Gasteiger partial charge on any atom is 0.491 e. The Morgan fingerprint density at radius 3 is 2.14 bits per heavy atom. The number of rotatable bonds is 6. The molecule has 0 aromatic heterocycles. The molecule has 2 rings (SSSR count). The maximum absolute atomic E-state index is 14.0. The molecule has 0 aliphatic carbocycles. The largest absolute Gasteiger partial charge is 0.497 e. The van der Waals surface area contributed by atoms with E-state index in [2.05, 4.69) is 15.4 Å². The Bertz CT molecular complexity index is 656. The minimum atomic E-state index is -5.55. The number of benzene rings is 1.